The molecule has 1 saturated carbocycles. The molecule has 0 bridgehead atoms. The van der Waals surface area contributed by atoms with Crippen molar-refractivity contribution in [3.63, 3.8) is 0 Å². The second-order valence-electron chi connectivity index (χ2n) is 11.4. The third kappa shape index (κ3) is 5.40. The van der Waals surface area contributed by atoms with Gasteiger partial charge < -0.3 is 25.6 Å². The highest BCUT2D eigenvalue weighted by atomic mass is 16.5. The lowest BCUT2D eigenvalue weighted by molar-refractivity contribution is -0.139. The lowest BCUT2D eigenvalue weighted by atomic mass is 9.83. The second kappa shape index (κ2) is 11.1. The molecule has 4 fully saturated rings. The summed E-state index contributed by atoms with van der Waals surface area (Å²) >= 11 is 0. The van der Waals surface area contributed by atoms with Gasteiger partial charge in [-0.25, -0.2) is 0 Å². The van der Waals surface area contributed by atoms with Crippen LogP contribution in [0.1, 0.15) is 56.3 Å². The van der Waals surface area contributed by atoms with E-state index in [0.717, 1.165) is 64.0 Å². The number of likely N-dealkylation sites (tertiary alicyclic amines) is 1. The van der Waals surface area contributed by atoms with Gasteiger partial charge in [-0.3, -0.25) is 19.3 Å². The third-order valence-corrected chi connectivity index (χ3v) is 8.72. The van der Waals surface area contributed by atoms with Crippen LogP contribution in [0.2, 0.25) is 0 Å². The van der Waals surface area contributed by atoms with E-state index >= 15 is 0 Å². The molecule has 3 saturated heterocycles. The average molecular weight is 512 g/mol. The van der Waals surface area contributed by atoms with Crippen molar-refractivity contribution in [2.24, 2.45) is 11.7 Å². The highest BCUT2D eigenvalue weighted by Crippen LogP contribution is 2.32. The number of hydrogen-bond acceptors (Lipinski definition) is 7. The standard InChI is InChI=1S/C28H41N5O4/c1-18(2)31-12-14-32(15-13-31)21-10-8-20(9-11-21)27(35)30-24(19-6-4-3-5-7-19)28(36)33-16-22(29)26-25(33)23(34)17-37-26/h8-11,18-19,22,24-26H,3-7,12-17,29H2,1-2H3,(H,30,35)/t22-,24+,25-,26-/m1/s1. The quantitative estimate of drug-likeness (QED) is 0.594. The van der Waals surface area contributed by atoms with Crippen LogP contribution in [0, 0.1) is 5.92 Å². The van der Waals surface area contributed by atoms with Gasteiger partial charge in [-0.05, 0) is 56.9 Å². The van der Waals surface area contributed by atoms with Crippen LogP contribution in [-0.4, -0.2) is 97.0 Å². The van der Waals surface area contributed by atoms with Gasteiger partial charge in [0.1, 0.15) is 24.8 Å². The van der Waals surface area contributed by atoms with Crippen LogP contribution in [-0.2, 0) is 14.3 Å². The smallest absolute Gasteiger partial charge is 0.251 e. The molecule has 0 radical (unpaired) electrons. The molecule has 0 aromatic heterocycles. The fourth-order valence-corrected chi connectivity index (χ4v) is 6.49. The Bertz CT molecular complexity index is 985. The second-order valence-corrected chi connectivity index (χ2v) is 11.4. The minimum absolute atomic E-state index is 0.00780. The molecule has 4 aliphatic rings. The number of benzene rings is 1. The Morgan fingerprint density at radius 2 is 1.70 bits per heavy atom. The summed E-state index contributed by atoms with van der Waals surface area (Å²) in [4.78, 5) is 46.1. The van der Waals surface area contributed by atoms with Crippen molar-refractivity contribution >= 4 is 23.3 Å². The number of rotatable bonds is 6. The number of amides is 2. The normalized spacial score (nSPS) is 28.0. The fourth-order valence-electron chi connectivity index (χ4n) is 6.49. The van der Waals surface area contributed by atoms with Gasteiger partial charge in [-0.1, -0.05) is 19.3 Å². The van der Waals surface area contributed by atoms with E-state index in [0.29, 0.717) is 11.6 Å². The van der Waals surface area contributed by atoms with Gasteiger partial charge in [0.15, 0.2) is 5.78 Å². The van der Waals surface area contributed by atoms with E-state index in [1.54, 1.807) is 4.90 Å². The summed E-state index contributed by atoms with van der Waals surface area (Å²) in [6, 6.07) is 6.53. The first kappa shape index (κ1) is 26.1. The molecule has 9 heteroatoms. The van der Waals surface area contributed by atoms with Crippen LogP contribution >= 0.6 is 0 Å². The predicted octanol–water partition coefficient (Wildman–Crippen LogP) is 1.40. The summed E-state index contributed by atoms with van der Waals surface area (Å²) in [7, 11) is 0. The van der Waals surface area contributed by atoms with Gasteiger partial charge in [-0.2, -0.15) is 0 Å². The maximum Gasteiger partial charge on any atom is 0.251 e. The number of ether oxygens (including phenoxy) is 1. The molecular weight excluding hydrogens is 470 g/mol. The molecule has 0 unspecified atom stereocenters. The zero-order valence-corrected chi connectivity index (χ0v) is 22.1. The number of nitrogens with one attached hydrogen (secondary N) is 1. The van der Waals surface area contributed by atoms with Crippen molar-refractivity contribution in [1.82, 2.24) is 15.1 Å². The number of carbonyl (C=O) groups is 3. The van der Waals surface area contributed by atoms with Gasteiger partial charge in [-0.15, -0.1) is 0 Å². The summed E-state index contributed by atoms with van der Waals surface area (Å²) in [5.74, 6) is -0.518. The number of fused-ring (bicyclic) bond motifs is 1. The monoisotopic (exact) mass is 511 g/mol. The number of hydrogen-bond donors (Lipinski definition) is 2. The molecule has 3 N–H and O–H groups in total. The van der Waals surface area contributed by atoms with Crippen LogP contribution in [0.5, 0.6) is 0 Å². The van der Waals surface area contributed by atoms with Crippen molar-refractivity contribution in [1.29, 1.82) is 0 Å². The lowest BCUT2D eigenvalue weighted by Crippen LogP contribution is -2.55. The molecule has 1 aromatic rings. The van der Waals surface area contributed by atoms with E-state index in [4.69, 9.17) is 10.5 Å². The van der Waals surface area contributed by atoms with E-state index in [1.165, 1.54) is 0 Å². The van der Waals surface area contributed by atoms with Gasteiger partial charge in [0.25, 0.3) is 5.91 Å². The Balaban J connectivity index is 1.28. The molecule has 9 nitrogen and oxygen atoms in total. The Kier molecular flexibility index (Phi) is 7.83. The highest BCUT2D eigenvalue weighted by molar-refractivity contribution is 5.99. The number of anilines is 1. The average Bonchev–Trinajstić information content (AvgIpc) is 3.47. The van der Waals surface area contributed by atoms with Gasteiger partial charge >= 0.3 is 0 Å². The summed E-state index contributed by atoms with van der Waals surface area (Å²) in [6.45, 7) is 8.70. The molecule has 37 heavy (non-hydrogen) atoms. The summed E-state index contributed by atoms with van der Waals surface area (Å²) in [6.07, 6.45) is 4.54. The summed E-state index contributed by atoms with van der Waals surface area (Å²) in [5, 5.41) is 3.06. The summed E-state index contributed by atoms with van der Waals surface area (Å²) < 4.78 is 5.57. The molecule has 202 valence electrons. The Morgan fingerprint density at radius 1 is 1.03 bits per heavy atom. The largest absolute Gasteiger partial charge is 0.369 e. The lowest BCUT2D eigenvalue weighted by Gasteiger charge is -2.38. The topological polar surface area (TPSA) is 108 Å². The van der Waals surface area contributed by atoms with Crippen LogP contribution in [0.25, 0.3) is 0 Å². The number of nitrogens with two attached hydrogens (primary N) is 1. The number of piperazine rings is 1. The molecule has 0 spiro atoms. The van der Waals surface area contributed by atoms with Crippen molar-refractivity contribution < 1.29 is 19.1 Å². The van der Waals surface area contributed by atoms with Gasteiger partial charge in [0, 0.05) is 50.0 Å². The molecule has 4 atom stereocenters. The van der Waals surface area contributed by atoms with Crippen molar-refractivity contribution in [3.8, 4) is 0 Å². The number of nitrogens with zero attached hydrogens (tertiary/aromatic N) is 3. The van der Waals surface area contributed by atoms with Gasteiger partial charge in [0.2, 0.25) is 5.91 Å². The van der Waals surface area contributed by atoms with E-state index in [1.807, 2.05) is 24.3 Å². The minimum atomic E-state index is -0.670. The fraction of sp³-hybridized carbons (Fsp3) is 0.679. The highest BCUT2D eigenvalue weighted by Gasteiger charge is 2.52. The first-order valence-electron chi connectivity index (χ1n) is 13.9. The number of Topliss-reactive ketones (excluding diaryl/α,β-unsaturated/α-hetero) is 1. The predicted molar refractivity (Wildman–Crippen MR) is 141 cm³/mol. The molecule has 5 rings (SSSR count). The zero-order chi connectivity index (χ0) is 26.1. The molecule has 3 aliphatic heterocycles. The van der Waals surface area contributed by atoms with Crippen molar-refractivity contribution in [2.75, 3.05) is 44.2 Å². The Labute approximate surface area is 219 Å². The van der Waals surface area contributed by atoms with E-state index < -0.39 is 24.2 Å². The van der Waals surface area contributed by atoms with Crippen LogP contribution in [0.3, 0.4) is 0 Å². The number of carbonyl (C=O) groups excluding carboxylic acids is 3. The van der Waals surface area contributed by atoms with Crippen molar-refractivity contribution in [3.05, 3.63) is 29.8 Å². The van der Waals surface area contributed by atoms with E-state index in [2.05, 4.69) is 29.0 Å². The van der Waals surface area contributed by atoms with Gasteiger partial charge in [0.05, 0.1) is 6.04 Å². The zero-order valence-electron chi connectivity index (χ0n) is 22.1. The van der Waals surface area contributed by atoms with Crippen molar-refractivity contribution in [2.45, 2.75) is 76.2 Å². The Hall–Kier alpha value is -2.49. The molecule has 2 amide bonds. The first-order valence-corrected chi connectivity index (χ1v) is 13.9. The molecule has 3 heterocycles. The van der Waals surface area contributed by atoms with Crippen LogP contribution in [0.4, 0.5) is 5.69 Å². The van der Waals surface area contributed by atoms with E-state index in [-0.39, 0.29) is 36.7 Å². The van der Waals surface area contributed by atoms with Crippen LogP contribution < -0.4 is 16.0 Å². The summed E-state index contributed by atoms with van der Waals surface area (Å²) in [5.41, 5.74) is 7.86. The maximum atomic E-state index is 13.8. The number of ketones is 1. The molecular formula is C28H41N5O4. The molecule has 1 aliphatic carbocycles. The first-order chi connectivity index (χ1) is 17.8. The Morgan fingerprint density at radius 3 is 2.35 bits per heavy atom. The SMILES string of the molecule is CC(C)N1CCN(c2ccc(C(=O)N[C@H](C(=O)N3C[C@@H](N)[C@H]4OCC(=O)[C@H]43)C3CCCCC3)cc2)CC1. The van der Waals surface area contributed by atoms with Crippen LogP contribution in [0.15, 0.2) is 24.3 Å². The third-order valence-electron chi connectivity index (χ3n) is 8.72. The maximum absolute atomic E-state index is 13.8. The minimum Gasteiger partial charge on any atom is -0.369 e. The van der Waals surface area contributed by atoms with E-state index in [9.17, 15) is 14.4 Å². The molecule has 1 aromatic carbocycles.